The van der Waals surface area contributed by atoms with Crippen LogP contribution in [0, 0.1) is 6.92 Å². The lowest BCUT2D eigenvalue weighted by Crippen LogP contribution is -3.29. The number of nitrogens with zero attached hydrogens (tertiary/aromatic N) is 1. The van der Waals surface area contributed by atoms with Gasteiger partial charge in [0.05, 0.1) is 0 Å². The van der Waals surface area contributed by atoms with E-state index in [1.54, 1.807) is 4.90 Å². The number of aryl methyl sites for hydroxylation is 1. The molecule has 3 rings (SSSR count). The van der Waals surface area contributed by atoms with Crippen molar-refractivity contribution < 1.29 is 19.4 Å². The maximum Gasteiger partial charge on any atom is 0.324 e. The Bertz CT molecular complexity index is 611. The molecule has 0 saturated carbocycles. The predicted octanol–water partition coefficient (Wildman–Crippen LogP) is -1.78. The van der Waals surface area contributed by atoms with Gasteiger partial charge in [0.25, 0.3) is 5.91 Å². The molecule has 130 valence electrons. The minimum Gasteiger partial charge on any atom is -0.336 e. The number of imide groups is 1. The van der Waals surface area contributed by atoms with E-state index >= 15 is 0 Å². The summed E-state index contributed by atoms with van der Waals surface area (Å²) in [5.41, 5.74) is 2.69. The van der Waals surface area contributed by atoms with Crippen LogP contribution in [0.15, 0.2) is 24.3 Å². The zero-order valence-corrected chi connectivity index (χ0v) is 14.6. The molecule has 0 bridgehead atoms. The summed E-state index contributed by atoms with van der Waals surface area (Å²) >= 11 is 0. The molecule has 6 nitrogen and oxygen atoms in total. The smallest absolute Gasteiger partial charge is 0.324 e. The molecule has 2 aliphatic rings. The predicted molar refractivity (Wildman–Crippen MR) is 90.9 cm³/mol. The molecule has 0 radical (unpaired) electrons. The van der Waals surface area contributed by atoms with Crippen molar-refractivity contribution in [3.8, 4) is 0 Å². The molecule has 6 heteroatoms. The van der Waals surface area contributed by atoms with Gasteiger partial charge in [0.15, 0.2) is 6.04 Å². The highest BCUT2D eigenvalue weighted by atomic mass is 16.2. The van der Waals surface area contributed by atoms with E-state index in [0.717, 1.165) is 32.7 Å². The molecule has 1 atom stereocenters. The van der Waals surface area contributed by atoms with E-state index in [9.17, 15) is 9.59 Å². The summed E-state index contributed by atoms with van der Waals surface area (Å²) in [5, 5.41) is 2.70. The second kappa shape index (κ2) is 7.32. The molecular weight excluding hydrogens is 304 g/mol. The van der Waals surface area contributed by atoms with Crippen molar-refractivity contribution in [1.29, 1.82) is 0 Å². The van der Waals surface area contributed by atoms with Crippen LogP contribution < -0.4 is 15.1 Å². The van der Waals surface area contributed by atoms with E-state index in [2.05, 4.69) is 36.5 Å². The maximum atomic E-state index is 12.5. The first-order chi connectivity index (χ1) is 11.5. The molecule has 1 aromatic rings. The quantitative estimate of drug-likeness (QED) is 0.611. The lowest BCUT2D eigenvalue weighted by atomic mass is 10.1. The van der Waals surface area contributed by atoms with Crippen molar-refractivity contribution in [2.75, 3.05) is 39.3 Å². The normalized spacial score (nSPS) is 25.4. The first-order valence-corrected chi connectivity index (χ1v) is 8.87. The van der Waals surface area contributed by atoms with Gasteiger partial charge in [-0.1, -0.05) is 29.8 Å². The van der Waals surface area contributed by atoms with Gasteiger partial charge in [0, 0.05) is 18.7 Å². The number of hydrogen-bond acceptors (Lipinski definition) is 2. The number of amides is 3. The fourth-order valence-corrected chi connectivity index (χ4v) is 3.74. The van der Waals surface area contributed by atoms with Gasteiger partial charge in [0.1, 0.15) is 32.7 Å². The van der Waals surface area contributed by atoms with Gasteiger partial charge in [-0.2, -0.15) is 0 Å². The molecule has 0 aliphatic carbocycles. The summed E-state index contributed by atoms with van der Waals surface area (Å²) in [6.07, 6.45) is 0. The first-order valence-electron chi connectivity index (χ1n) is 8.87. The third-order valence-electron chi connectivity index (χ3n) is 5.24. The highest BCUT2D eigenvalue weighted by Gasteiger charge is 2.37. The zero-order chi connectivity index (χ0) is 17.1. The summed E-state index contributed by atoms with van der Waals surface area (Å²) in [6, 6.07) is 8.31. The summed E-state index contributed by atoms with van der Waals surface area (Å²) in [6.45, 7) is 10.3. The van der Waals surface area contributed by atoms with Crippen molar-refractivity contribution in [1.82, 2.24) is 10.2 Å². The van der Waals surface area contributed by atoms with E-state index < -0.39 is 0 Å². The molecule has 2 aliphatic heterocycles. The Morgan fingerprint density at radius 2 is 2.04 bits per heavy atom. The molecule has 3 amide bonds. The van der Waals surface area contributed by atoms with Crippen LogP contribution in [0.3, 0.4) is 0 Å². The molecule has 0 aromatic heterocycles. The molecule has 24 heavy (non-hydrogen) atoms. The second-order valence-corrected chi connectivity index (χ2v) is 7.02. The summed E-state index contributed by atoms with van der Waals surface area (Å²) in [4.78, 5) is 28.4. The second-order valence-electron chi connectivity index (χ2n) is 7.02. The van der Waals surface area contributed by atoms with E-state index in [0.29, 0.717) is 13.1 Å². The Morgan fingerprint density at radius 3 is 2.67 bits per heavy atom. The van der Waals surface area contributed by atoms with Crippen LogP contribution in [0.2, 0.25) is 0 Å². The van der Waals surface area contributed by atoms with Gasteiger partial charge in [-0.25, -0.2) is 4.79 Å². The van der Waals surface area contributed by atoms with Gasteiger partial charge >= 0.3 is 6.03 Å². The van der Waals surface area contributed by atoms with Gasteiger partial charge in [-0.05, 0) is 13.8 Å². The van der Waals surface area contributed by atoms with E-state index in [1.807, 2.05) is 6.92 Å². The van der Waals surface area contributed by atoms with Crippen molar-refractivity contribution in [2.45, 2.75) is 26.4 Å². The average molecular weight is 332 g/mol. The molecule has 1 aromatic carbocycles. The SMILES string of the molecule is Cc1cccc(C[NH+]2CC[NH+]([C@H](C)C(=O)N3CCNC3=O)CC2)c1. The minimum absolute atomic E-state index is 0.0397. The Labute approximate surface area is 143 Å². The number of rotatable bonds is 4. The molecule has 0 spiro atoms. The van der Waals surface area contributed by atoms with Crippen LogP contribution >= 0.6 is 0 Å². The van der Waals surface area contributed by atoms with E-state index in [-0.39, 0.29) is 18.0 Å². The summed E-state index contributed by atoms with van der Waals surface area (Å²) < 4.78 is 0. The number of nitrogens with one attached hydrogen (secondary N) is 3. The van der Waals surface area contributed by atoms with Gasteiger partial charge in [-0.15, -0.1) is 0 Å². The Balaban J connectivity index is 1.51. The maximum absolute atomic E-state index is 12.5. The number of piperazine rings is 1. The number of benzene rings is 1. The van der Waals surface area contributed by atoms with E-state index in [1.165, 1.54) is 20.9 Å². The molecule has 2 fully saturated rings. The van der Waals surface area contributed by atoms with Crippen LogP contribution in [-0.2, 0) is 11.3 Å². The molecule has 0 unspecified atom stereocenters. The summed E-state index contributed by atoms with van der Waals surface area (Å²) in [7, 11) is 0. The van der Waals surface area contributed by atoms with Gasteiger partial charge in [-0.3, -0.25) is 9.69 Å². The van der Waals surface area contributed by atoms with Crippen LogP contribution in [0.25, 0.3) is 0 Å². The Hall–Kier alpha value is -1.92. The third kappa shape index (κ3) is 3.76. The topological polar surface area (TPSA) is 58.3 Å². The van der Waals surface area contributed by atoms with Gasteiger partial charge < -0.3 is 15.1 Å². The molecule has 2 heterocycles. The van der Waals surface area contributed by atoms with Crippen molar-refractivity contribution in [3.63, 3.8) is 0 Å². The third-order valence-corrected chi connectivity index (χ3v) is 5.24. The van der Waals surface area contributed by atoms with Crippen molar-refractivity contribution in [3.05, 3.63) is 35.4 Å². The van der Waals surface area contributed by atoms with Gasteiger partial charge in [0.2, 0.25) is 0 Å². The molecule has 3 N–H and O–H groups in total. The number of urea groups is 1. The van der Waals surface area contributed by atoms with Crippen molar-refractivity contribution in [2.24, 2.45) is 0 Å². The van der Waals surface area contributed by atoms with Crippen molar-refractivity contribution >= 4 is 11.9 Å². The zero-order valence-electron chi connectivity index (χ0n) is 14.6. The van der Waals surface area contributed by atoms with Crippen LogP contribution in [0.5, 0.6) is 0 Å². The minimum atomic E-state index is -0.241. The van der Waals surface area contributed by atoms with Crippen LogP contribution in [0.1, 0.15) is 18.1 Å². The Kier molecular flexibility index (Phi) is 5.16. The lowest BCUT2D eigenvalue weighted by Gasteiger charge is -2.33. The largest absolute Gasteiger partial charge is 0.336 e. The first kappa shape index (κ1) is 16.9. The highest BCUT2D eigenvalue weighted by Crippen LogP contribution is 2.02. The fourth-order valence-electron chi connectivity index (χ4n) is 3.74. The van der Waals surface area contributed by atoms with Crippen LogP contribution in [0.4, 0.5) is 4.79 Å². The standard InChI is InChI=1S/C18H26N4O2/c1-14-4-3-5-16(12-14)13-20-8-10-21(11-9-20)15(2)17(23)22-7-6-19-18(22)24/h3-5,12,15H,6-11,13H2,1-2H3,(H,19,24)/p+2/t15-/m1/s1. The highest BCUT2D eigenvalue weighted by molar-refractivity contribution is 5.97. The summed E-state index contributed by atoms with van der Waals surface area (Å²) in [5.74, 6) is -0.0397. The molecule has 2 saturated heterocycles. The molecular formula is C18H28N4O2+2. The average Bonchev–Trinajstić information content (AvgIpc) is 3.00. The monoisotopic (exact) mass is 332 g/mol. The number of quaternary nitrogens is 2. The lowest BCUT2D eigenvalue weighted by molar-refractivity contribution is -1.02. The number of carbonyl (C=O) groups is 2. The van der Waals surface area contributed by atoms with Crippen LogP contribution in [-0.4, -0.2) is 62.1 Å². The van der Waals surface area contributed by atoms with E-state index in [4.69, 9.17) is 0 Å². The Morgan fingerprint density at radius 1 is 1.29 bits per heavy atom. The fraction of sp³-hybridized carbons (Fsp3) is 0.556. The number of carbonyl (C=O) groups excluding carboxylic acids is 2. The number of hydrogen-bond donors (Lipinski definition) is 3.